The van der Waals surface area contributed by atoms with E-state index in [1.54, 1.807) is 24.3 Å². The van der Waals surface area contributed by atoms with Gasteiger partial charge < -0.3 is 15.6 Å². The lowest BCUT2D eigenvalue weighted by atomic mass is 10.0. The van der Waals surface area contributed by atoms with Crippen LogP contribution in [0.1, 0.15) is 16.7 Å². The molecule has 0 atom stereocenters. The second-order valence-corrected chi connectivity index (χ2v) is 4.72. The van der Waals surface area contributed by atoms with Gasteiger partial charge in [-0.1, -0.05) is 24.3 Å². The first-order chi connectivity index (χ1) is 9.91. The number of nitrogen functional groups attached to an aromatic ring is 1. The van der Waals surface area contributed by atoms with Gasteiger partial charge in [0.15, 0.2) is 6.61 Å². The number of benzene rings is 2. The van der Waals surface area contributed by atoms with Crippen molar-refractivity contribution >= 4 is 11.7 Å². The molecule has 4 heteroatoms. The third kappa shape index (κ3) is 5.57. The summed E-state index contributed by atoms with van der Waals surface area (Å²) in [6.45, 7) is 5.96. The Bertz CT molecular complexity index is 567. The van der Waals surface area contributed by atoms with Crippen LogP contribution in [-0.4, -0.2) is 17.7 Å². The van der Waals surface area contributed by atoms with Crippen LogP contribution in [0.4, 0.5) is 5.69 Å². The molecule has 4 nitrogen and oxygen atoms in total. The van der Waals surface area contributed by atoms with Gasteiger partial charge in [-0.05, 0) is 55.7 Å². The highest BCUT2D eigenvalue weighted by atomic mass is 16.5. The molecule has 0 spiro atoms. The maximum absolute atomic E-state index is 10.0. The maximum Gasteiger partial charge on any atom is 0.341 e. The summed E-state index contributed by atoms with van der Waals surface area (Å²) >= 11 is 0. The summed E-state index contributed by atoms with van der Waals surface area (Å²) in [5.74, 6) is -0.385. The Morgan fingerprint density at radius 1 is 1.05 bits per heavy atom. The minimum absolute atomic E-state index is 0.288. The van der Waals surface area contributed by atoms with Crippen LogP contribution in [0.15, 0.2) is 42.5 Å². The van der Waals surface area contributed by atoms with Crippen molar-refractivity contribution in [2.24, 2.45) is 0 Å². The normalized spacial score (nSPS) is 9.48. The van der Waals surface area contributed by atoms with Gasteiger partial charge in [-0.2, -0.15) is 0 Å². The van der Waals surface area contributed by atoms with Crippen molar-refractivity contribution < 1.29 is 14.6 Å². The van der Waals surface area contributed by atoms with E-state index >= 15 is 0 Å². The summed E-state index contributed by atoms with van der Waals surface area (Å²) < 4.78 is 4.87. The lowest BCUT2D eigenvalue weighted by Gasteiger charge is -2.05. The maximum atomic E-state index is 10.0. The molecule has 2 aromatic rings. The lowest BCUT2D eigenvalue weighted by molar-refractivity contribution is -0.139. The number of anilines is 1. The smallest absolute Gasteiger partial charge is 0.341 e. The molecular formula is C17H21NO3. The van der Waals surface area contributed by atoms with Crippen LogP contribution in [0.25, 0.3) is 0 Å². The number of nitrogens with two attached hydrogens (primary N) is 1. The zero-order chi connectivity index (χ0) is 15.8. The fraction of sp³-hybridized carbons (Fsp3) is 0.235. The van der Waals surface area contributed by atoms with E-state index in [9.17, 15) is 4.79 Å². The lowest BCUT2D eigenvalue weighted by Crippen LogP contribution is -2.09. The van der Waals surface area contributed by atoms with E-state index in [0.717, 1.165) is 5.69 Å². The second kappa shape index (κ2) is 7.94. The number of para-hydroxylation sites is 1. The Morgan fingerprint density at radius 3 is 2.19 bits per heavy atom. The van der Waals surface area contributed by atoms with Gasteiger partial charge in [-0.3, -0.25) is 0 Å². The molecule has 0 aliphatic heterocycles. The van der Waals surface area contributed by atoms with Crippen LogP contribution in [0.2, 0.25) is 0 Å². The number of carboxylic acids is 1. The molecule has 0 aliphatic carbocycles. The molecule has 0 saturated heterocycles. The standard InChI is InChI=1S/C9H13N.C8H8O3/c1-6-4-5-9(10)8(3)7(6)2;9-8(10)6-11-7-4-2-1-3-5-7/h4-5H,10H2,1-3H3;1-5H,6H2,(H,9,10). The van der Waals surface area contributed by atoms with Crippen LogP contribution >= 0.6 is 0 Å². The quantitative estimate of drug-likeness (QED) is 0.849. The van der Waals surface area contributed by atoms with E-state index in [1.807, 2.05) is 12.1 Å². The van der Waals surface area contributed by atoms with Gasteiger partial charge in [0.05, 0.1) is 0 Å². The summed E-state index contributed by atoms with van der Waals surface area (Å²) in [6, 6.07) is 12.9. The van der Waals surface area contributed by atoms with Crippen LogP contribution in [0.5, 0.6) is 5.75 Å². The fourth-order valence-electron chi connectivity index (χ4n) is 1.64. The Morgan fingerprint density at radius 2 is 1.67 bits per heavy atom. The Balaban J connectivity index is 0.000000211. The highest BCUT2D eigenvalue weighted by Crippen LogP contribution is 2.17. The Labute approximate surface area is 125 Å². The minimum atomic E-state index is -0.964. The van der Waals surface area contributed by atoms with Gasteiger partial charge >= 0.3 is 5.97 Å². The summed E-state index contributed by atoms with van der Waals surface area (Å²) in [4.78, 5) is 10.0. The summed E-state index contributed by atoms with van der Waals surface area (Å²) in [5, 5.41) is 8.25. The van der Waals surface area contributed by atoms with Gasteiger partial charge in [0.1, 0.15) is 5.75 Å². The molecule has 0 bridgehead atoms. The van der Waals surface area contributed by atoms with Gasteiger partial charge in [-0.25, -0.2) is 4.79 Å². The van der Waals surface area contributed by atoms with Gasteiger partial charge in [0, 0.05) is 5.69 Å². The molecular weight excluding hydrogens is 266 g/mol. The van der Waals surface area contributed by atoms with E-state index in [-0.39, 0.29) is 6.61 Å². The van der Waals surface area contributed by atoms with Crippen molar-refractivity contribution in [3.8, 4) is 5.75 Å². The minimum Gasteiger partial charge on any atom is -0.482 e. The molecule has 2 rings (SSSR count). The molecule has 0 aliphatic rings. The summed E-state index contributed by atoms with van der Waals surface area (Å²) in [6.07, 6.45) is 0. The number of aryl methyl sites for hydroxylation is 1. The molecule has 2 aromatic carbocycles. The zero-order valence-corrected chi connectivity index (χ0v) is 12.6. The Hall–Kier alpha value is -2.49. The number of aliphatic carboxylic acids is 1. The number of ether oxygens (including phenoxy) is 1. The SMILES string of the molecule is Cc1ccc(N)c(C)c1C.O=C(O)COc1ccccc1. The zero-order valence-electron chi connectivity index (χ0n) is 12.6. The molecule has 0 saturated carbocycles. The first-order valence-corrected chi connectivity index (χ1v) is 6.63. The predicted molar refractivity (Wildman–Crippen MR) is 84.6 cm³/mol. The molecule has 0 fully saturated rings. The first kappa shape index (κ1) is 16.6. The third-order valence-corrected chi connectivity index (χ3v) is 3.21. The van der Waals surface area contributed by atoms with Crippen molar-refractivity contribution in [1.82, 2.24) is 0 Å². The van der Waals surface area contributed by atoms with E-state index < -0.39 is 5.97 Å². The molecule has 21 heavy (non-hydrogen) atoms. The van der Waals surface area contributed by atoms with E-state index in [0.29, 0.717) is 5.75 Å². The van der Waals surface area contributed by atoms with E-state index in [2.05, 4.69) is 26.8 Å². The number of carbonyl (C=O) groups is 1. The molecule has 0 amide bonds. The molecule has 0 aromatic heterocycles. The molecule has 112 valence electrons. The van der Waals surface area contributed by atoms with Crippen molar-refractivity contribution in [3.63, 3.8) is 0 Å². The summed E-state index contributed by atoms with van der Waals surface area (Å²) in [7, 11) is 0. The fourth-order valence-corrected chi connectivity index (χ4v) is 1.64. The summed E-state index contributed by atoms with van der Waals surface area (Å²) in [5.41, 5.74) is 10.4. The van der Waals surface area contributed by atoms with Crippen molar-refractivity contribution in [3.05, 3.63) is 59.2 Å². The van der Waals surface area contributed by atoms with Gasteiger partial charge in [0.25, 0.3) is 0 Å². The average Bonchev–Trinajstić information content (AvgIpc) is 2.49. The predicted octanol–water partition coefficient (Wildman–Crippen LogP) is 3.34. The van der Waals surface area contributed by atoms with Crippen LogP contribution in [-0.2, 0) is 4.79 Å². The van der Waals surface area contributed by atoms with Crippen LogP contribution in [0.3, 0.4) is 0 Å². The topological polar surface area (TPSA) is 72.6 Å². The first-order valence-electron chi connectivity index (χ1n) is 6.63. The Kier molecular flexibility index (Phi) is 6.27. The molecule has 0 unspecified atom stereocenters. The number of rotatable bonds is 3. The highest BCUT2D eigenvalue weighted by molar-refractivity contribution is 5.68. The van der Waals surface area contributed by atoms with Crippen LogP contribution < -0.4 is 10.5 Å². The van der Waals surface area contributed by atoms with E-state index in [1.165, 1.54) is 16.7 Å². The monoisotopic (exact) mass is 287 g/mol. The number of carboxylic acid groups (broad SMARTS) is 1. The van der Waals surface area contributed by atoms with Gasteiger partial charge in [0.2, 0.25) is 0 Å². The average molecular weight is 287 g/mol. The largest absolute Gasteiger partial charge is 0.482 e. The van der Waals surface area contributed by atoms with Crippen molar-refractivity contribution in [2.75, 3.05) is 12.3 Å². The number of hydrogen-bond acceptors (Lipinski definition) is 3. The van der Waals surface area contributed by atoms with Crippen molar-refractivity contribution in [1.29, 1.82) is 0 Å². The third-order valence-electron chi connectivity index (χ3n) is 3.21. The van der Waals surface area contributed by atoms with Gasteiger partial charge in [-0.15, -0.1) is 0 Å². The second-order valence-electron chi connectivity index (χ2n) is 4.72. The highest BCUT2D eigenvalue weighted by Gasteiger charge is 1.98. The van der Waals surface area contributed by atoms with Crippen molar-refractivity contribution in [2.45, 2.75) is 20.8 Å². The molecule has 0 heterocycles. The molecule has 3 N–H and O–H groups in total. The number of hydrogen-bond donors (Lipinski definition) is 2. The van der Waals surface area contributed by atoms with E-state index in [4.69, 9.17) is 15.6 Å². The van der Waals surface area contributed by atoms with Crippen LogP contribution in [0, 0.1) is 20.8 Å². The molecule has 0 radical (unpaired) electrons.